The van der Waals surface area contributed by atoms with Crippen LogP contribution in [0.3, 0.4) is 0 Å². The number of hydrogen-bond donors (Lipinski definition) is 0. The van der Waals surface area contributed by atoms with Gasteiger partial charge in [0.1, 0.15) is 5.82 Å². The summed E-state index contributed by atoms with van der Waals surface area (Å²) >= 11 is 3.33. The van der Waals surface area contributed by atoms with E-state index in [0.717, 1.165) is 4.47 Å². The molecule has 2 aromatic carbocycles. The van der Waals surface area contributed by atoms with E-state index < -0.39 is 0 Å². The van der Waals surface area contributed by atoms with Crippen LogP contribution in [0.4, 0.5) is 4.39 Å². The fourth-order valence-corrected chi connectivity index (χ4v) is 3.22. The van der Waals surface area contributed by atoms with Gasteiger partial charge in [-0.3, -0.25) is 9.59 Å². The van der Waals surface area contributed by atoms with Crippen LogP contribution in [-0.4, -0.2) is 36.9 Å². The maximum absolute atomic E-state index is 14.0. The SMILES string of the molecule is CCN(Cc1cc(Br)ccc1F)C(=O)CCCOc1ccc(C(C)=O)cc1OC. The van der Waals surface area contributed by atoms with E-state index in [1.807, 2.05) is 6.92 Å². The summed E-state index contributed by atoms with van der Waals surface area (Å²) in [5, 5.41) is 0. The molecule has 0 aliphatic rings. The summed E-state index contributed by atoms with van der Waals surface area (Å²) in [7, 11) is 1.51. The second-order valence-electron chi connectivity index (χ2n) is 6.52. The number of carbonyl (C=O) groups excluding carboxylic acids is 2. The molecule has 0 saturated carbocycles. The summed E-state index contributed by atoms with van der Waals surface area (Å²) in [5.74, 6) is 0.554. The van der Waals surface area contributed by atoms with Gasteiger partial charge in [-0.2, -0.15) is 0 Å². The Labute approximate surface area is 178 Å². The van der Waals surface area contributed by atoms with Crippen molar-refractivity contribution in [2.75, 3.05) is 20.3 Å². The van der Waals surface area contributed by atoms with Crippen molar-refractivity contribution < 1.29 is 23.5 Å². The number of ketones is 1. The lowest BCUT2D eigenvalue weighted by molar-refractivity contribution is -0.131. The zero-order valence-corrected chi connectivity index (χ0v) is 18.4. The van der Waals surface area contributed by atoms with Crippen LogP contribution in [-0.2, 0) is 11.3 Å². The third kappa shape index (κ3) is 6.56. The van der Waals surface area contributed by atoms with Gasteiger partial charge in [0.05, 0.1) is 13.7 Å². The summed E-state index contributed by atoms with van der Waals surface area (Å²) < 4.78 is 25.7. The number of benzene rings is 2. The van der Waals surface area contributed by atoms with E-state index in [1.54, 1.807) is 35.2 Å². The van der Waals surface area contributed by atoms with Gasteiger partial charge in [0.25, 0.3) is 0 Å². The van der Waals surface area contributed by atoms with Gasteiger partial charge in [0.2, 0.25) is 5.91 Å². The highest BCUT2D eigenvalue weighted by Gasteiger charge is 2.15. The van der Waals surface area contributed by atoms with E-state index in [0.29, 0.717) is 42.2 Å². The maximum atomic E-state index is 14.0. The minimum Gasteiger partial charge on any atom is -0.493 e. The third-order valence-electron chi connectivity index (χ3n) is 4.47. The highest BCUT2D eigenvalue weighted by Crippen LogP contribution is 2.28. The van der Waals surface area contributed by atoms with Crippen molar-refractivity contribution in [3.05, 3.63) is 57.8 Å². The van der Waals surface area contributed by atoms with Crippen molar-refractivity contribution in [1.29, 1.82) is 0 Å². The molecule has 0 fully saturated rings. The van der Waals surface area contributed by atoms with Crippen LogP contribution >= 0.6 is 15.9 Å². The molecule has 29 heavy (non-hydrogen) atoms. The van der Waals surface area contributed by atoms with Crippen LogP contribution in [0.25, 0.3) is 0 Å². The molecule has 0 saturated heterocycles. The summed E-state index contributed by atoms with van der Waals surface area (Å²) in [6, 6.07) is 9.70. The number of rotatable bonds is 10. The first kappa shape index (κ1) is 22.9. The number of nitrogens with zero attached hydrogens (tertiary/aromatic N) is 1. The number of carbonyl (C=O) groups is 2. The molecular weight excluding hydrogens is 441 g/mol. The molecule has 1 amide bonds. The second-order valence-corrected chi connectivity index (χ2v) is 7.43. The quantitative estimate of drug-likeness (QED) is 0.365. The molecule has 2 aromatic rings. The second kappa shape index (κ2) is 11.0. The van der Waals surface area contributed by atoms with Crippen molar-refractivity contribution in [3.63, 3.8) is 0 Å². The standard InChI is InChI=1S/C22H25BrFNO4/c1-4-25(14-17-12-18(23)8-9-19(17)24)22(27)6-5-11-29-20-10-7-16(15(2)26)13-21(20)28-3/h7-10,12-13H,4-6,11,14H2,1-3H3. The van der Waals surface area contributed by atoms with Crippen LogP contribution in [0.5, 0.6) is 11.5 Å². The molecule has 0 atom stereocenters. The first-order valence-corrected chi connectivity index (χ1v) is 10.2. The van der Waals surface area contributed by atoms with Crippen molar-refractivity contribution in [2.45, 2.75) is 33.2 Å². The van der Waals surface area contributed by atoms with Crippen LogP contribution in [0.2, 0.25) is 0 Å². The zero-order valence-electron chi connectivity index (χ0n) is 16.8. The van der Waals surface area contributed by atoms with Gasteiger partial charge in [0, 0.05) is 35.1 Å². The first-order valence-electron chi connectivity index (χ1n) is 9.39. The number of Topliss-reactive ketones (excluding diaryl/α,β-unsaturated/α-hetero) is 1. The Morgan fingerprint density at radius 1 is 1.14 bits per heavy atom. The fraction of sp³-hybridized carbons (Fsp3) is 0.364. The number of amides is 1. The predicted octanol–water partition coefficient (Wildman–Crippen LogP) is 5.01. The average molecular weight is 466 g/mol. The molecule has 0 bridgehead atoms. The lowest BCUT2D eigenvalue weighted by atomic mass is 10.1. The van der Waals surface area contributed by atoms with Crippen molar-refractivity contribution >= 4 is 27.6 Å². The van der Waals surface area contributed by atoms with Crippen LogP contribution in [0, 0.1) is 5.82 Å². The minimum absolute atomic E-state index is 0.0537. The maximum Gasteiger partial charge on any atom is 0.222 e. The number of ether oxygens (including phenoxy) is 2. The Morgan fingerprint density at radius 2 is 1.90 bits per heavy atom. The monoisotopic (exact) mass is 465 g/mol. The Hall–Kier alpha value is -2.41. The predicted molar refractivity (Wildman–Crippen MR) is 113 cm³/mol. The molecule has 7 heteroatoms. The molecule has 0 N–H and O–H groups in total. The van der Waals surface area contributed by atoms with Crippen LogP contribution in [0.1, 0.15) is 42.6 Å². The van der Waals surface area contributed by atoms with Gasteiger partial charge >= 0.3 is 0 Å². The van der Waals surface area contributed by atoms with E-state index in [-0.39, 0.29) is 30.5 Å². The topological polar surface area (TPSA) is 55.8 Å². The lowest BCUT2D eigenvalue weighted by Crippen LogP contribution is -2.30. The number of methoxy groups -OCH3 is 1. The van der Waals surface area contributed by atoms with E-state index >= 15 is 0 Å². The van der Waals surface area contributed by atoms with Crippen LogP contribution in [0.15, 0.2) is 40.9 Å². The van der Waals surface area contributed by atoms with E-state index in [2.05, 4.69) is 15.9 Å². The Bertz CT molecular complexity index is 872. The highest BCUT2D eigenvalue weighted by atomic mass is 79.9. The number of hydrogen-bond acceptors (Lipinski definition) is 4. The highest BCUT2D eigenvalue weighted by molar-refractivity contribution is 9.10. The van der Waals surface area contributed by atoms with Gasteiger partial charge < -0.3 is 14.4 Å². The summed E-state index contributed by atoms with van der Waals surface area (Å²) in [4.78, 5) is 25.6. The van der Waals surface area contributed by atoms with Crippen LogP contribution < -0.4 is 9.47 Å². The molecule has 0 unspecified atom stereocenters. The van der Waals surface area contributed by atoms with Gasteiger partial charge in [-0.05, 0) is 56.7 Å². The summed E-state index contributed by atoms with van der Waals surface area (Å²) in [6.07, 6.45) is 0.797. The zero-order chi connectivity index (χ0) is 21.4. The molecular formula is C22H25BrFNO4. The Kier molecular flexibility index (Phi) is 8.64. The summed E-state index contributed by atoms with van der Waals surface area (Å²) in [6.45, 7) is 4.39. The summed E-state index contributed by atoms with van der Waals surface area (Å²) in [5.41, 5.74) is 1.02. The van der Waals surface area contributed by atoms with Crippen molar-refractivity contribution in [3.8, 4) is 11.5 Å². The van der Waals surface area contributed by atoms with E-state index in [4.69, 9.17) is 9.47 Å². The molecule has 156 valence electrons. The van der Waals surface area contributed by atoms with Crippen molar-refractivity contribution in [2.24, 2.45) is 0 Å². The minimum atomic E-state index is -0.330. The first-order chi connectivity index (χ1) is 13.8. The van der Waals surface area contributed by atoms with Crippen molar-refractivity contribution in [1.82, 2.24) is 4.90 Å². The van der Waals surface area contributed by atoms with Gasteiger partial charge in [-0.25, -0.2) is 4.39 Å². The van der Waals surface area contributed by atoms with E-state index in [1.165, 1.54) is 20.1 Å². The Morgan fingerprint density at radius 3 is 2.55 bits per heavy atom. The molecule has 0 radical (unpaired) electrons. The fourth-order valence-electron chi connectivity index (χ4n) is 2.82. The molecule has 0 spiro atoms. The van der Waals surface area contributed by atoms with E-state index in [9.17, 15) is 14.0 Å². The smallest absolute Gasteiger partial charge is 0.222 e. The molecule has 0 aliphatic heterocycles. The van der Waals surface area contributed by atoms with Gasteiger partial charge in [0.15, 0.2) is 17.3 Å². The van der Waals surface area contributed by atoms with Gasteiger partial charge in [-0.15, -0.1) is 0 Å². The lowest BCUT2D eigenvalue weighted by Gasteiger charge is -2.21. The molecule has 0 aliphatic carbocycles. The molecule has 2 rings (SSSR count). The number of halogens is 2. The average Bonchev–Trinajstić information content (AvgIpc) is 2.71. The molecule has 0 aromatic heterocycles. The molecule has 5 nitrogen and oxygen atoms in total. The normalized spacial score (nSPS) is 10.5. The Balaban J connectivity index is 1.88. The largest absolute Gasteiger partial charge is 0.493 e. The third-order valence-corrected chi connectivity index (χ3v) is 4.96. The van der Waals surface area contributed by atoms with Gasteiger partial charge in [-0.1, -0.05) is 15.9 Å². The molecule has 0 heterocycles.